The number of amides is 2. The summed E-state index contributed by atoms with van der Waals surface area (Å²) in [6.07, 6.45) is 1.84. The third-order valence-corrected chi connectivity index (χ3v) is 4.72. The van der Waals surface area contributed by atoms with E-state index >= 15 is 0 Å². The lowest BCUT2D eigenvalue weighted by atomic mass is 10.0. The number of nitrogens with zero attached hydrogens (tertiary/aromatic N) is 1. The number of urea groups is 1. The Balaban J connectivity index is 1.78. The number of morpholine rings is 1. The van der Waals surface area contributed by atoms with E-state index in [2.05, 4.69) is 38.2 Å². The molecule has 2 rings (SSSR count). The number of hydrogen-bond acceptors (Lipinski definition) is 3. The van der Waals surface area contributed by atoms with Gasteiger partial charge in [-0.15, -0.1) is 0 Å². The summed E-state index contributed by atoms with van der Waals surface area (Å²) >= 11 is 0. The predicted octanol–water partition coefficient (Wildman–Crippen LogP) is 3.08. The van der Waals surface area contributed by atoms with Crippen molar-refractivity contribution in [3.8, 4) is 5.75 Å². The second-order valence-corrected chi connectivity index (χ2v) is 6.92. The smallest absolute Gasteiger partial charge is 0.317 e. The van der Waals surface area contributed by atoms with Crippen LogP contribution in [-0.2, 0) is 11.2 Å². The van der Waals surface area contributed by atoms with Gasteiger partial charge in [-0.05, 0) is 43.4 Å². The van der Waals surface area contributed by atoms with E-state index in [1.54, 1.807) is 7.11 Å². The summed E-state index contributed by atoms with van der Waals surface area (Å²) in [5.41, 5.74) is 1.03. The molecule has 5 heteroatoms. The largest absolute Gasteiger partial charge is 0.497 e. The average Bonchev–Trinajstić information content (AvgIpc) is 2.60. The Kier molecular flexibility index (Phi) is 6.49. The monoisotopic (exact) mass is 334 g/mol. The fraction of sp³-hybridized carbons (Fsp3) is 0.632. The molecule has 1 heterocycles. The minimum absolute atomic E-state index is 0.0135. The molecule has 1 N–H and O–H groups in total. The molecule has 5 nitrogen and oxygen atoms in total. The van der Waals surface area contributed by atoms with Crippen LogP contribution in [0.15, 0.2) is 24.3 Å². The Morgan fingerprint density at radius 3 is 2.75 bits per heavy atom. The van der Waals surface area contributed by atoms with Gasteiger partial charge in [-0.25, -0.2) is 4.79 Å². The van der Waals surface area contributed by atoms with Crippen molar-refractivity contribution >= 4 is 6.03 Å². The van der Waals surface area contributed by atoms with Crippen LogP contribution in [0, 0.1) is 5.92 Å². The van der Waals surface area contributed by atoms with Crippen molar-refractivity contribution in [3.05, 3.63) is 29.8 Å². The van der Waals surface area contributed by atoms with Crippen LogP contribution < -0.4 is 10.1 Å². The molecule has 1 saturated heterocycles. The quantitative estimate of drug-likeness (QED) is 0.870. The fourth-order valence-corrected chi connectivity index (χ4v) is 2.93. The molecule has 24 heavy (non-hydrogen) atoms. The first-order valence-corrected chi connectivity index (χ1v) is 8.75. The van der Waals surface area contributed by atoms with Gasteiger partial charge in [-0.3, -0.25) is 0 Å². The van der Waals surface area contributed by atoms with E-state index in [4.69, 9.17) is 9.47 Å². The summed E-state index contributed by atoms with van der Waals surface area (Å²) in [7, 11) is 1.67. The van der Waals surface area contributed by atoms with E-state index in [-0.39, 0.29) is 11.6 Å². The average molecular weight is 334 g/mol. The Labute approximate surface area is 145 Å². The molecule has 2 unspecified atom stereocenters. The summed E-state index contributed by atoms with van der Waals surface area (Å²) in [5, 5.41) is 3.06. The van der Waals surface area contributed by atoms with Crippen molar-refractivity contribution in [3.63, 3.8) is 0 Å². The molecule has 0 spiro atoms. The maximum absolute atomic E-state index is 12.4. The van der Waals surface area contributed by atoms with Crippen LogP contribution >= 0.6 is 0 Å². The Hall–Kier alpha value is -1.75. The van der Waals surface area contributed by atoms with Crippen LogP contribution in [0.1, 0.15) is 32.8 Å². The lowest BCUT2D eigenvalue weighted by Crippen LogP contribution is -2.54. The van der Waals surface area contributed by atoms with Crippen LogP contribution in [0.2, 0.25) is 0 Å². The molecule has 1 fully saturated rings. The number of carbonyl (C=O) groups excluding carboxylic acids is 1. The van der Waals surface area contributed by atoms with E-state index in [9.17, 15) is 4.79 Å². The molecule has 1 aliphatic heterocycles. The van der Waals surface area contributed by atoms with Gasteiger partial charge in [0.05, 0.1) is 25.9 Å². The zero-order valence-electron chi connectivity index (χ0n) is 15.3. The Morgan fingerprint density at radius 1 is 1.42 bits per heavy atom. The third kappa shape index (κ3) is 5.13. The maximum Gasteiger partial charge on any atom is 0.317 e. The number of carbonyl (C=O) groups is 1. The van der Waals surface area contributed by atoms with Crippen LogP contribution in [0.25, 0.3) is 0 Å². The second kappa shape index (κ2) is 8.38. The molecule has 2 amide bonds. The first kappa shape index (κ1) is 18.6. The molecule has 0 aliphatic carbocycles. The minimum atomic E-state index is -0.218. The van der Waals surface area contributed by atoms with Crippen molar-refractivity contribution in [2.45, 2.75) is 39.2 Å². The number of ether oxygens (including phenoxy) is 2. The zero-order chi connectivity index (χ0) is 17.6. The van der Waals surface area contributed by atoms with Crippen molar-refractivity contribution in [2.24, 2.45) is 5.92 Å². The highest BCUT2D eigenvalue weighted by Crippen LogP contribution is 2.21. The molecule has 1 aromatic carbocycles. The molecular weight excluding hydrogens is 304 g/mol. The van der Waals surface area contributed by atoms with Gasteiger partial charge in [0.15, 0.2) is 0 Å². The predicted molar refractivity (Wildman–Crippen MR) is 95.5 cm³/mol. The summed E-state index contributed by atoms with van der Waals surface area (Å²) in [4.78, 5) is 14.3. The van der Waals surface area contributed by atoms with E-state index in [1.165, 1.54) is 5.56 Å². The van der Waals surface area contributed by atoms with Gasteiger partial charge < -0.3 is 19.7 Å². The highest BCUT2D eigenvalue weighted by Gasteiger charge is 2.32. The lowest BCUT2D eigenvalue weighted by molar-refractivity contribution is -0.0872. The Bertz CT molecular complexity index is 532. The lowest BCUT2D eigenvalue weighted by Gasteiger charge is -2.40. The Morgan fingerprint density at radius 2 is 2.12 bits per heavy atom. The van der Waals surface area contributed by atoms with E-state index in [0.29, 0.717) is 32.2 Å². The highest BCUT2D eigenvalue weighted by molar-refractivity contribution is 5.74. The molecule has 134 valence electrons. The normalized spacial score (nSPS) is 22.1. The van der Waals surface area contributed by atoms with E-state index in [1.807, 2.05) is 17.0 Å². The molecule has 0 aromatic heterocycles. The first-order chi connectivity index (χ1) is 11.5. The summed E-state index contributed by atoms with van der Waals surface area (Å²) in [6, 6.07) is 8.11. The van der Waals surface area contributed by atoms with Crippen LogP contribution in [-0.4, -0.2) is 49.9 Å². The highest BCUT2D eigenvalue weighted by atomic mass is 16.5. The molecule has 0 saturated carbocycles. The standard InChI is InChI=1S/C19H30N2O3/c1-5-19(3)14-21(10-11-24-19)18(22)20-13-15(2)12-16-6-8-17(23-4)9-7-16/h6-9,15H,5,10-14H2,1-4H3,(H,20,22). The number of nitrogens with one attached hydrogen (secondary N) is 1. The molecule has 0 radical (unpaired) electrons. The number of methoxy groups -OCH3 is 1. The van der Waals surface area contributed by atoms with Crippen LogP contribution in [0.5, 0.6) is 5.75 Å². The van der Waals surface area contributed by atoms with E-state index in [0.717, 1.165) is 18.6 Å². The molecule has 2 atom stereocenters. The van der Waals surface area contributed by atoms with Crippen molar-refractivity contribution < 1.29 is 14.3 Å². The molecular formula is C19H30N2O3. The second-order valence-electron chi connectivity index (χ2n) is 6.92. The van der Waals surface area contributed by atoms with Gasteiger partial charge in [-0.1, -0.05) is 26.0 Å². The van der Waals surface area contributed by atoms with Gasteiger partial charge in [0.1, 0.15) is 5.75 Å². The first-order valence-electron chi connectivity index (χ1n) is 8.75. The SMILES string of the molecule is CCC1(C)CN(C(=O)NCC(C)Cc2ccc(OC)cc2)CCO1. The summed E-state index contributed by atoms with van der Waals surface area (Å²) in [6.45, 7) is 8.91. The number of benzene rings is 1. The van der Waals surface area contributed by atoms with Gasteiger partial charge in [0.25, 0.3) is 0 Å². The van der Waals surface area contributed by atoms with Gasteiger partial charge in [0, 0.05) is 13.1 Å². The molecule has 0 bridgehead atoms. The van der Waals surface area contributed by atoms with Gasteiger partial charge in [-0.2, -0.15) is 0 Å². The topological polar surface area (TPSA) is 50.8 Å². The summed E-state index contributed by atoms with van der Waals surface area (Å²) in [5.74, 6) is 1.24. The van der Waals surface area contributed by atoms with Gasteiger partial charge >= 0.3 is 6.03 Å². The number of hydrogen-bond donors (Lipinski definition) is 1. The van der Waals surface area contributed by atoms with Crippen LogP contribution in [0.3, 0.4) is 0 Å². The maximum atomic E-state index is 12.4. The van der Waals surface area contributed by atoms with Gasteiger partial charge in [0.2, 0.25) is 0 Å². The molecule has 1 aliphatic rings. The van der Waals surface area contributed by atoms with Crippen molar-refractivity contribution in [1.82, 2.24) is 10.2 Å². The minimum Gasteiger partial charge on any atom is -0.497 e. The molecule has 1 aromatic rings. The third-order valence-electron chi connectivity index (χ3n) is 4.72. The van der Waals surface area contributed by atoms with Crippen LogP contribution in [0.4, 0.5) is 4.79 Å². The van der Waals surface area contributed by atoms with E-state index < -0.39 is 0 Å². The van der Waals surface area contributed by atoms with Crippen molar-refractivity contribution in [2.75, 3.05) is 33.4 Å². The van der Waals surface area contributed by atoms with Crippen molar-refractivity contribution in [1.29, 1.82) is 0 Å². The number of rotatable bonds is 6. The zero-order valence-corrected chi connectivity index (χ0v) is 15.3. The summed E-state index contributed by atoms with van der Waals surface area (Å²) < 4.78 is 11.0. The fourth-order valence-electron chi connectivity index (χ4n) is 2.93.